The first-order valence-electron chi connectivity index (χ1n) is 15.2. The Morgan fingerprint density at radius 3 is 2.37 bits per heavy atom. The molecule has 5 heterocycles. The molecule has 0 radical (unpaired) electrons. The number of hydrogen-bond acceptors (Lipinski definition) is 9. The molecule has 7 rings (SSSR count). The first kappa shape index (κ1) is 31.1. The second kappa shape index (κ2) is 12.1. The molecule has 2 aliphatic rings. The van der Waals surface area contributed by atoms with Crippen LogP contribution in [0.4, 0.5) is 0 Å². The Hall–Kier alpha value is -4.91. The molecule has 2 aromatic carbocycles. The van der Waals surface area contributed by atoms with E-state index in [9.17, 15) is 18.0 Å². The lowest BCUT2D eigenvalue weighted by atomic mass is 10.1. The lowest BCUT2D eigenvalue weighted by Gasteiger charge is -2.22. The zero-order chi connectivity index (χ0) is 32.7. The van der Waals surface area contributed by atoms with Crippen LogP contribution in [-0.2, 0) is 24.3 Å². The van der Waals surface area contributed by atoms with Crippen LogP contribution >= 0.6 is 0 Å². The zero-order valence-electron chi connectivity index (χ0n) is 26.3. The fourth-order valence-electron chi connectivity index (χ4n) is 5.99. The SMILES string of the molecule is CC.CC(=O)OC1CC(c2nc(-c3ccc4c(c3)OCCO4)c3cnc4c(ccn4S(=O)(=O)c4ccc(C)cc4)n23)N(C(C)=O)C1. The minimum atomic E-state index is -3.97. The number of amides is 1. The van der Waals surface area contributed by atoms with Gasteiger partial charge >= 0.3 is 5.97 Å². The highest BCUT2D eigenvalue weighted by Crippen LogP contribution is 2.40. The molecule has 46 heavy (non-hydrogen) atoms. The maximum Gasteiger partial charge on any atom is 0.302 e. The fraction of sp³-hybridized carbons (Fsp3) is 0.333. The highest BCUT2D eigenvalue weighted by molar-refractivity contribution is 7.90. The molecule has 0 saturated carbocycles. The fourth-order valence-corrected chi connectivity index (χ4v) is 7.29. The number of rotatable bonds is 5. The van der Waals surface area contributed by atoms with E-state index in [-0.39, 0.29) is 23.0 Å². The third-order valence-electron chi connectivity index (χ3n) is 7.99. The van der Waals surface area contributed by atoms with Crippen molar-refractivity contribution in [3.05, 3.63) is 72.3 Å². The zero-order valence-corrected chi connectivity index (χ0v) is 27.1. The van der Waals surface area contributed by atoms with Gasteiger partial charge in [0.25, 0.3) is 10.0 Å². The first-order valence-corrected chi connectivity index (χ1v) is 16.6. The number of nitrogens with zero attached hydrogens (tertiary/aromatic N) is 5. The van der Waals surface area contributed by atoms with E-state index in [4.69, 9.17) is 19.2 Å². The number of benzene rings is 2. The van der Waals surface area contributed by atoms with Crippen LogP contribution in [0.3, 0.4) is 0 Å². The number of hydrogen-bond donors (Lipinski definition) is 0. The van der Waals surface area contributed by atoms with Crippen LogP contribution in [0.1, 0.15) is 51.5 Å². The van der Waals surface area contributed by atoms with E-state index in [2.05, 4.69) is 4.98 Å². The summed E-state index contributed by atoms with van der Waals surface area (Å²) >= 11 is 0. The Kier molecular flexibility index (Phi) is 8.19. The van der Waals surface area contributed by atoms with E-state index in [1.165, 1.54) is 20.0 Å². The Bertz CT molecular complexity index is 2070. The minimum Gasteiger partial charge on any atom is -0.486 e. The highest BCUT2D eigenvalue weighted by atomic mass is 32.2. The molecule has 2 unspecified atom stereocenters. The molecule has 12 nitrogen and oxygen atoms in total. The minimum absolute atomic E-state index is 0.132. The molecule has 1 saturated heterocycles. The van der Waals surface area contributed by atoms with E-state index < -0.39 is 28.1 Å². The second-order valence-corrected chi connectivity index (χ2v) is 12.8. The summed E-state index contributed by atoms with van der Waals surface area (Å²) in [4.78, 5) is 36.1. The van der Waals surface area contributed by atoms with E-state index in [0.29, 0.717) is 53.7 Å². The van der Waals surface area contributed by atoms with Gasteiger partial charge in [0.05, 0.1) is 40.4 Å². The summed E-state index contributed by atoms with van der Waals surface area (Å²) in [6, 6.07) is 13.3. The van der Waals surface area contributed by atoms with Gasteiger partial charge in [0.15, 0.2) is 17.1 Å². The van der Waals surface area contributed by atoms with Crippen molar-refractivity contribution in [3.63, 3.8) is 0 Å². The Morgan fingerprint density at radius 2 is 1.67 bits per heavy atom. The molecular weight excluding hydrogens is 610 g/mol. The van der Waals surface area contributed by atoms with Crippen molar-refractivity contribution in [1.29, 1.82) is 0 Å². The maximum absolute atomic E-state index is 13.7. The average molecular weight is 646 g/mol. The highest BCUT2D eigenvalue weighted by Gasteiger charge is 2.40. The Balaban J connectivity index is 0.00000182. The largest absolute Gasteiger partial charge is 0.486 e. The van der Waals surface area contributed by atoms with Gasteiger partial charge in [-0.25, -0.2) is 22.4 Å². The molecule has 1 fully saturated rings. The van der Waals surface area contributed by atoms with Crippen molar-refractivity contribution < 1.29 is 32.2 Å². The maximum atomic E-state index is 13.7. The van der Waals surface area contributed by atoms with Crippen molar-refractivity contribution in [3.8, 4) is 22.8 Å². The molecule has 3 aromatic heterocycles. The van der Waals surface area contributed by atoms with Gasteiger partial charge < -0.3 is 19.1 Å². The van der Waals surface area contributed by atoms with Crippen molar-refractivity contribution in [2.75, 3.05) is 19.8 Å². The number of imidazole rings is 1. The van der Waals surface area contributed by atoms with Crippen LogP contribution in [0.2, 0.25) is 0 Å². The number of carbonyl (C=O) groups is 2. The van der Waals surface area contributed by atoms with Crippen LogP contribution < -0.4 is 9.47 Å². The average Bonchev–Trinajstić information content (AvgIpc) is 3.77. The van der Waals surface area contributed by atoms with Crippen molar-refractivity contribution in [1.82, 2.24) is 23.2 Å². The molecule has 1 amide bonds. The van der Waals surface area contributed by atoms with Crippen LogP contribution in [0.15, 0.2) is 65.8 Å². The lowest BCUT2D eigenvalue weighted by molar-refractivity contribution is -0.146. The normalized spacial score (nSPS) is 17.5. The van der Waals surface area contributed by atoms with E-state index >= 15 is 0 Å². The molecule has 13 heteroatoms. The molecule has 2 aliphatic heterocycles. The third kappa shape index (κ3) is 5.34. The van der Waals surface area contributed by atoms with Gasteiger partial charge in [-0.05, 0) is 43.3 Å². The summed E-state index contributed by atoms with van der Waals surface area (Å²) in [5, 5.41) is 0. The quantitative estimate of drug-likeness (QED) is 0.244. The van der Waals surface area contributed by atoms with Gasteiger partial charge in [0, 0.05) is 32.0 Å². The number of aryl methyl sites for hydroxylation is 1. The van der Waals surface area contributed by atoms with Gasteiger partial charge in [0.2, 0.25) is 5.91 Å². The number of fused-ring (bicyclic) bond motifs is 4. The van der Waals surface area contributed by atoms with Crippen molar-refractivity contribution in [2.45, 2.75) is 58.1 Å². The standard InChI is InChI=1S/C31H29N5O7S.C2H6/c1-18-4-7-23(8-5-18)44(39,40)35-11-10-24-30(35)32-16-26-29(21-6-9-27-28(14-21)42-13-12-41-27)33-31(36(24)26)25-15-22(43-20(3)38)17-34(25)19(2)37;1-2/h4-11,14,16,22,25H,12-13,15,17H2,1-3H3;1-2H3. The number of carbonyl (C=O) groups excluding carboxylic acids is 2. The molecule has 0 spiro atoms. The molecule has 0 aliphatic carbocycles. The summed E-state index contributed by atoms with van der Waals surface area (Å²) < 4.78 is 47.5. The smallest absolute Gasteiger partial charge is 0.302 e. The Morgan fingerprint density at radius 1 is 0.957 bits per heavy atom. The Labute approximate surface area is 266 Å². The van der Waals surface area contributed by atoms with Gasteiger partial charge in [-0.15, -0.1) is 0 Å². The summed E-state index contributed by atoms with van der Waals surface area (Å²) in [6.45, 7) is 9.78. The molecule has 5 aromatic rings. The molecule has 2 atom stereocenters. The first-order chi connectivity index (χ1) is 22.1. The summed E-state index contributed by atoms with van der Waals surface area (Å²) in [5.74, 6) is 1.07. The molecule has 0 N–H and O–H groups in total. The lowest BCUT2D eigenvalue weighted by Crippen LogP contribution is -2.31. The number of aromatic nitrogens is 4. The summed E-state index contributed by atoms with van der Waals surface area (Å²) in [6.07, 6.45) is 2.86. The van der Waals surface area contributed by atoms with Gasteiger partial charge in [0.1, 0.15) is 25.1 Å². The second-order valence-electron chi connectivity index (χ2n) is 10.9. The van der Waals surface area contributed by atoms with Crippen LogP contribution in [0.5, 0.6) is 11.5 Å². The van der Waals surface area contributed by atoms with Crippen molar-refractivity contribution in [2.24, 2.45) is 0 Å². The van der Waals surface area contributed by atoms with Crippen molar-refractivity contribution >= 4 is 38.6 Å². The van der Waals surface area contributed by atoms with Crippen LogP contribution in [-0.4, -0.2) is 69.4 Å². The number of esters is 1. The monoisotopic (exact) mass is 645 g/mol. The number of ether oxygens (including phenoxy) is 3. The predicted molar refractivity (Wildman–Crippen MR) is 170 cm³/mol. The topological polar surface area (TPSA) is 134 Å². The molecule has 240 valence electrons. The van der Waals surface area contributed by atoms with Gasteiger partial charge in [-0.3, -0.25) is 14.0 Å². The van der Waals surface area contributed by atoms with E-state index in [1.54, 1.807) is 41.4 Å². The van der Waals surface area contributed by atoms with Crippen LogP contribution in [0.25, 0.3) is 27.9 Å². The van der Waals surface area contributed by atoms with Gasteiger partial charge in [-0.1, -0.05) is 31.5 Å². The third-order valence-corrected chi connectivity index (χ3v) is 9.67. The molecule has 0 bridgehead atoms. The van der Waals surface area contributed by atoms with E-state index in [0.717, 1.165) is 15.1 Å². The summed E-state index contributed by atoms with van der Waals surface area (Å²) in [7, 11) is -3.97. The summed E-state index contributed by atoms with van der Waals surface area (Å²) in [5.41, 5.74) is 3.54. The number of likely N-dealkylation sites (tertiary alicyclic amines) is 1. The van der Waals surface area contributed by atoms with Gasteiger partial charge in [-0.2, -0.15) is 0 Å². The molecular formula is C33H35N5O7S. The predicted octanol–water partition coefficient (Wildman–Crippen LogP) is 4.92. The van der Waals surface area contributed by atoms with Crippen LogP contribution in [0, 0.1) is 6.92 Å². The van der Waals surface area contributed by atoms with E-state index in [1.807, 2.05) is 43.4 Å².